The van der Waals surface area contributed by atoms with Crippen molar-refractivity contribution in [2.24, 2.45) is 5.73 Å². The van der Waals surface area contributed by atoms with E-state index in [4.69, 9.17) is 17.3 Å². The maximum Gasteiger partial charge on any atom is 0.0406 e. The van der Waals surface area contributed by atoms with Crippen LogP contribution in [0.15, 0.2) is 78.9 Å². The molecule has 0 radical (unpaired) electrons. The van der Waals surface area contributed by atoms with Crippen molar-refractivity contribution in [3.05, 3.63) is 106 Å². The number of rotatable bonds is 7. The molecule has 0 aromatic heterocycles. The maximum absolute atomic E-state index is 6.01. The Morgan fingerprint density at radius 1 is 0.600 bits per heavy atom. The first-order valence-corrected chi connectivity index (χ1v) is 8.89. The van der Waals surface area contributed by atoms with E-state index in [0.29, 0.717) is 6.54 Å². The molecule has 0 heterocycles. The van der Waals surface area contributed by atoms with Crippen LogP contribution in [0.2, 0.25) is 5.02 Å². The smallest absolute Gasteiger partial charge is 0.0406 e. The van der Waals surface area contributed by atoms with Crippen LogP contribution in [-0.4, -0.2) is 4.90 Å². The first-order valence-electron chi connectivity index (χ1n) is 8.51. The van der Waals surface area contributed by atoms with Crippen LogP contribution in [0.5, 0.6) is 0 Å². The first kappa shape index (κ1) is 17.7. The number of hydrogen-bond acceptors (Lipinski definition) is 2. The SMILES string of the molecule is NCc1ccc(CN(Cc2ccccc2)Cc2ccc(Cl)cc2)cc1. The molecular weight excluding hydrogens is 328 g/mol. The molecule has 0 aliphatic carbocycles. The molecule has 128 valence electrons. The number of hydrogen-bond donors (Lipinski definition) is 1. The van der Waals surface area contributed by atoms with Crippen molar-refractivity contribution in [1.29, 1.82) is 0 Å². The van der Waals surface area contributed by atoms with Crippen LogP contribution in [0.25, 0.3) is 0 Å². The Balaban J connectivity index is 1.76. The van der Waals surface area contributed by atoms with Crippen molar-refractivity contribution in [2.75, 3.05) is 0 Å². The standard InChI is InChI=1S/C22H23ClN2/c23-22-12-10-21(11-13-22)17-25(15-19-4-2-1-3-5-19)16-20-8-6-18(14-24)7-9-20/h1-13H,14-17,24H2. The van der Waals surface area contributed by atoms with Gasteiger partial charge in [0, 0.05) is 31.2 Å². The Morgan fingerprint density at radius 2 is 1.04 bits per heavy atom. The summed E-state index contributed by atoms with van der Waals surface area (Å²) in [5.74, 6) is 0. The van der Waals surface area contributed by atoms with Gasteiger partial charge in [0.15, 0.2) is 0 Å². The zero-order valence-corrected chi connectivity index (χ0v) is 15.0. The summed E-state index contributed by atoms with van der Waals surface area (Å²) in [6.07, 6.45) is 0. The minimum atomic E-state index is 0.582. The summed E-state index contributed by atoms with van der Waals surface area (Å²) in [7, 11) is 0. The van der Waals surface area contributed by atoms with Crippen LogP contribution in [-0.2, 0) is 26.2 Å². The molecule has 0 fully saturated rings. The fraction of sp³-hybridized carbons (Fsp3) is 0.182. The second-order valence-electron chi connectivity index (χ2n) is 6.28. The molecule has 0 amide bonds. The normalized spacial score (nSPS) is 11.0. The zero-order chi connectivity index (χ0) is 17.5. The second-order valence-corrected chi connectivity index (χ2v) is 6.71. The largest absolute Gasteiger partial charge is 0.326 e. The fourth-order valence-corrected chi connectivity index (χ4v) is 3.02. The van der Waals surface area contributed by atoms with Gasteiger partial charge in [0.1, 0.15) is 0 Å². The molecule has 0 aliphatic rings. The lowest BCUT2D eigenvalue weighted by Gasteiger charge is -2.23. The molecule has 0 atom stereocenters. The summed E-state index contributed by atoms with van der Waals surface area (Å²) in [6, 6.07) is 27.2. The molecule has 2 nitrogen and oxygen atoms in total. The topological polar surface area (TPSA) is 29.3 Å². The molecule has 0 bridgehead atoms. The zero-order valence-electron chi connectivity index (χ0n) is 14.2. The predicted octanol–water partition coefficient (Wildman–Crippen LogP) is 5.00. The highest BCUT2D eigenvalue weighted by molar-refractivity contribution is 6.30. The summed E-state index contributed by atoms with van der Waals surface area (Å²) in [5.41, 5.74) is 10.7. The van der Waals surface area contributed by atoms with Crippen LogP contribution in [0.4, 0.5) is 0 Å². The van der Waals surface area contributed by atoms with E-state index >= 15 is 0 Å². The average Bonchev–Trinajstić information content (AvgIpc) is 2.65. The highest BCUT2D eigenvalue weighted by Gasteiger charge is 2.09. The monoisotopic (exact) mass is 350 g/mol. The van der Waals surface area contributed by atoms with Crippen LogP contribution < -0.4 is 5.73 Å². The lowest BCUT2D eigenvalue weighted by Crippen LogP contribution is -2.22. The van der Waals surface area contributed by atoms with Gasteiger partial charge in [0.05, 0.1) is 0 Å². The van der Waals surface area contributed by atoms with Gasteiger partial charge in [-0.25, -0.2) is 0 Å². The molecule has 3 rings (SSSR count). The summed E-state index contributed by atoms with van der Waals surface area (Å²) >= 11 is 6.01. The van der Waals surface area contributed by atoms with Gasteiger partial charge in [-0.2, -0.15) is 0 Å². The Labute approximate surface area is 154 Å². The van der Waals surface area contributed by atoms with E-state index in [1.165, 1.54) is 16.7 Å². The molecule has 0 saturated heterocycles. The van der Waals surface area contributed by atoms with Crippen molar-refractivity contribution in [3.8, 4) is 0 Å². The van der Waals surface area contributed by atoms with Crippen molar-refractivity contribution in [1.82, 2.24) is 4.90 Å². The Hall–Kier alpha value is -2.13. The lowest BCUT2D eigenvalue weighted by molar-refractivity contribution is 0.247. The molecule has 0 spiro atoms. The first-order chi connectivity index (χ1) is 12.2. The lowest BCUT2D eigenvalue weighted by atomic mass is 10.1. The van der Waals surface area contributed by atoms with Gasteiger partial charge in [-0.15, -0.1) is 0 Å². The minimum absolute atomic E-state index is 0.582. The minimum Gasteiger partial charge on any atom is -0.326 e. The summed E-state index contributed by atoms with van der Waals surface area (Å²) in [4.78, 5) is 2.44. The van der Waals surface area contributed by atoms with E-state index in [2.05, 4.69) is 71.6 Å². The van der Waals surface area contributed by atoms with Gasteiger partial charge in [-0.1, -0.05) is 78.3 Å². The van der Waals surface area contributed by atoms with Crippen molar-refractivity contribution in [2.45, 2.75) is 26.2 Å². The number of nitrogens with two attached hydrogens (primary N) is 1. The summed E-state index contributed by atoms with van der Waals surface area (Å²) in [6.45, 7) is 3.26. The van der Waals surface area contributed by atoms with Gasteiger partial charge in [0.25, 0.3) is 0 Å². The van der Waals surface area contributed by atoms with E-state index in [-0.39, 0.29) is 0 Å². The van der Waals surface area contributed by atoms with Gasteiger partial charge in [0.2, 0.25) is 0 Å². The number of benzene rings is 3. The van der Waals surface area contributed by atoms with Crippen molar-refractivity contribution in [3.63, 3.8) is 0 Å². The average molecular weight is 351 g/mol. The van der Waals surface area contributed by atoms with E-state index < -0.39 is 0 Å². The molecular formula is C22H23ClN2. The van der Waals surface area contributed by atoms with E-state index in [1.807, 2.05) is 12.1 Å². The van der Waals surface area contributed by atoms with Crippen LogP contribution in [0, 0.1) is 0 Å². The van der Waals surface area contributed by atoms with Crippen LogP contribution >= 0.6 is 11.6 Å². The number of nitrogens with zero attached hydrogens (tertiary/aromatic N) is 1. The third-order valence-corrected chi connectivity index (χ3v) is 4.49. The second kappa shape index (κ2) is 8.82. The van der Waals surface area contributed by atoms with Crippen molar-refractivity contribution < 1.29 is 0 Å². The predicted molar refractivity (Wildman–Crippen MR) is 105 cm³/mol. The summed E-state index contributed by atoms with van der Waals surface area (Å²) in [5, 5.41) is 0.774. The Kier molecular flexibility index (Phi) is 6.24. The highest BCUT2D eigenvalue weighted by atomic mass is 35.5. The fourth-order valence-electron chi connectivity index (χ4n) is 2.90. The maximum atomic E-state index is 6.01. The van der Waals surface area contributed by atoms with E-state index in [9.17, 15) is 0 Å². The van der Waals surface area contributed by atoms with Gasteiger partial charge < -0.3 is 5.73 Å². The Bertz CT molecular complexity index is 767. The molecule has 2 N–H and O–H groups in total. The van der Waals surface area contributed by atoms with E-state index in [0.717, 1.165) is 30.2 Å². The third-order valence-electron chi connectivity index (χ3n) is 4.23. The summed E-state index contributed by atoms with van der Waals surface area (Å²) < 4.78 is 0. The van der Waals surface area contributed by atoms with E-state index in [1.54, 1.807) is 0 Å². The Morgan fingerprint density at radius 3 is 1.56 bits per heavy atom. The highest BCUT2D eigenvalue weighted by Crippen LogP contribution is 2.16. The van der Waals surface area contributed by atoms with Crippen molar-refractivity contribution >= 4 is 11.6 Å². The van der Waals surface area contributed by atoms with Crippen LogP contribution in [0.1, 0.15) is 22.3 Å². The van der Waals surface area contributed by atoms with Gasteiger partial charge >= 0.3 is 0 Å². The molecule has 3 aromatic rings. The van der Waals surface area contributed by atoms with Gasteiger partial charge in [-0.3, -0.25) is 4.90 Å². The quantitative estimate of drug-likeness (QED) is 0.649. The molecule has 0 aliphatic heterocycles. The molecule has 25 heavy (non-hydrogen) atoms. The molecule has 3 aromatic carbocycles. The molecule has 0 unspecified atom stereocenters. The number of halogens is 1. The van der Waals surface area contributed by atoms with Gasteiger partial charge in [-0.05, 0) is 34.4 Å². The molecule has 3 heteroatoms. The third kappa shape index (κ3) is 5.43. The van der Waals surface area contributed by atoms with Crippen LogP contribution in [0.3, 0.4) is 0 Å². The molecule has 0 saturated carbocycles.